The number of carbonyl (C=O) groups excluding carboxylic acids is 3. The Kier molecular flexibility index (Phi) is 10.1. The Hall–Kier alpha value is -3.02. The van der Waals surface area contributed by atoms with E-state index in [9.17, 15) is 29.4 Å². The predicted molar refractivity (Wildman–Crippen MR) is 111 cm³/mol. The van der Waals surface area contributed by atoms with E-state index in [0.717, 1.165) is 0 Å². The number of amides is 3. The van der Waals surface area contributed by atoms with Crippen LogP contribution >= 0.6 is 0 Å². The van der Waals surface area contributed by atoms with E-state index < -0.39 is 60.1 Å². The molecule has 3 amide bonds. The first-order valence-corrected chi connectivity index (χ1v) is 9.73. The van der Waals surface area contributed by atoms with E-state index in [-0.39, 0.29) is 6.42 Å². The van der Waals surface area contributed by atoms with Gasteiger partial charge in [0.2, 0.25) is 17.7 Å². The minimum atomic E-state index is -1.46. The van der Waals surface area contributed by atoms with Crippen molar-refractivity contribution in [2.24, 2.45) is 5.73 Å². The van der Waals surface area contributed by atoms with Crippen LogP contribution in [0, 0.1) is 0 Å². The summed E-state index contributed by atoms with van der Waals surface area (Å²) in [6, 6.07) is 3.56. The molecule has 0 aliphatic carbocycles. The molecule has 0 spiro atoms. The first-order valence-electron chi connectivity index (χ1n) is 9.73. The van der Waals surface area contributed by atoms with E-state index in [2.05, 4.69) is 16.0 Å². The van der Waals surface area contributed by atoms with Crippen LogP contribution in [0.4, 0.5) is 0 Å². The molecule has 11 nitrogen and oxygen atoms in total. The molecule has 0 aliphatic heterocycles. The van der Waals surface area contributed by atoms with Gasteiger partial charge in [-0.15, -0.1) is 0 Å². The molecule has 6 atom stereocenters. The van der Waals surface area contributed by atoms with Crippen LogP contribution < -0.4 is 21.7 Å². The van der Waals surface area contributed by atoms with Crippen LogP contribution in [0.15, 0.2) is 30.3 Å². The van der Waals surface area contributed by atoms with Crippen LogP contribution in [0.3, 0.4) is 0 Å². The SMILES string of the molecule is CC(NC(=O)C(NC(=O)C(Cc1ccccc1)NC(=O)C(N)C(C)O)C(C)O)C(=O)O. The van der Waals surface area contributed by atoms with Gasteiger partial charge in [0.15, 0.2) is 0 Å². The first-order chi connectivity index (χ1) is 14.4. The van der Waals surface area contributed by atoms with Gasteiger partial charge in [-0.2, -0.15) is 0 Å². The number of nitrogens with one attached hydrogen (secondary N) is 3. The summed E-state index contributed by atoms with van der Waals surface area (Å²) in [7, 11) is 0. The summed E-state index contributed by atoms with van der Waals surface area (Å²) in [4.78, 5) is 48.5. The molecule has 0 saturated heterocycles. The van der Waals surface area contributed by atoms with E-state index in [1.165, 1.54) is 20.8 Å². The van der Waals surface area contributed by atoms with Gasteiger partial charge in [0, 0.05) is 6.42 Å². The molecule has 8 N–H and O–H groups in total. The molecule has 1 aromatic rings. The van der Waals surface area contributed by atoms with Crippen molar-refractivity contribution >= 4 is 23.7 Å². The number of carbonyl (C=O) groups is 4. The monoisotopic (exact) mass is 438 g/mol. The second-order valence-corrected chi connectivity index (χ2v) is 7.31. The van der Waals surface area contributed by atoms with Crippen molar-refractivity contribution in [1.29, 1.82) is 0 Å². The van der Waals surface area contributed by atoms with Crippen LogP contribution in [0.25, 0.3) is 0 Å². The van der Waals surface area contributed by atoms with Crippen molar-refractivity contribution in [2.45, 2.75) is 63.6 Å². The van der Waals surface area contributed by atoms with Gasteiger partial charge >= 0.3 is 5.97 Å². The summed E-state index contributed by atoms with van der Waals surface area (Å²) in [5, 5.41) is 35.4. The van der Waals surface area contributed by atoms with Crippen LogP contribution in [0.5, 0.6) is 0 Å². The first kappa shape index (κ1) is 26.0. The van der Waals surface area contributed by atoms with Gasteiger partial charge in [-0.25, -0.2) is 0 Å². The molecule has 0 bridgehead atoms. The third-order valence-electron chi connectivity index (χ3n) is 4.53. The van der Waals surface area contributed by atoms with Gasteiger partial charge in [-0.1, -0.05) is 30.3 Å². The number of carboxylic acids is 1. The number of aliphatic hydroxyl groups is 2. The van der Waals surface area contributed by atoms with Crippen molar-refractivity contribution < 1.29 is 34.5 Å². The third-order valence-corrected chi connectivity index (χ3v) is 4.53. The molecule has 0 heterocycles. The van der Waals surface area contributed by atoms with Crippen LogP contribution in [-0.2, 0) is 25.6 Å². The van der Waals surface area contributed by atoms with Crippen molar-refractivity contribution in [3.8, 4) is 0 Å². The zero-order valence-corrected chi connectivity index (χ0v) is 17.6. The second-order valence-electron chi connectivity index (χ2n) is 7.31. The highest BCUT2D eigenvalue weighted by atomic mass is 16.4. The van der Waals surface area contributed by atoms with Gasteiger partial charge in [0.25, 0.3) is 0 Å². The highest BCUT2D eigenvalue weighted by Crippen LogP contribution is 2.06. The fourth-order valence-corrected chi connectivity index (χ4v) is 2.57. The average Bonchev–Trinajstić information content (AvgIpc) is 2.70. The fourth-order valence-electron chi connectivity index (χ4n) is 2.57. The zero-order valence-electron chi connectivity index (χ0n) is 17.6. The van der Waals surface area contributed by atoms with Crippen molar-refractivity contribution in [1.82, 2.24) is 16.0 Å². The Morgan fingerprint density at radius 3 is 1.94 bits per heavy atom. The lowest BCUT2D eigenvalue weighted by Crippen LogP contribution is -2.60. The van der Waals surface area contributed by atoms with Gasteiger partial charge in [-0.05, 0) is 26.3 Å². The van der Waals surface area contributed by atoms with Crippen LogP contribution in [-0.4, -0.2) is 75.4 Å². The lowest BCUT2D eigenvalue weighted by Gasteiger charge is -2.26. The second kappa shape index (κ2) is 12.0. The summed E-state index contributed by atoms with van der Waals surface area (Å²) < 4.78 is 0. The molecule has 0 aliphatic rings. The van der Waals surface area contributed by atoms with Crippen molar-refractivity contribution in [3.63, 3.8) is 0 Å². The summed E-state index contributed by atoms with van der Waals surface area (Å²) in [6.07, 6.45) is -2.46. The van der Waals surface area contributed by atoms with Crippen LogP contribution in [0.2, 0.25) is 0 Å². The number of aliphatic hydroxyl groups excluding tert-OH is 2. The van der Waals surface area contributed by atoms with Gasteiger partial charge < -0.3 is 37.0 Å². The Morgan fingerprint density at radius 2 is 1.45 bits per heavy atom. The number of benzene rings is 1. The van der Waals surface area contributed by atoms with Crippen molar-refractivity contribution in [3.05, 3.63) is 35.9 Å². The fraction of sp³-hybridized carbons (Fsp3) is 0.500. The summed E-state index contributed by atoms with van der Waals surface area (Å²) in [5.41, 5.74) is 6.33. The predicted octanol–water partition coefficient (Wildman–Crippen LogP) is -2.12. The molecule has 31 heavy (non-hydrogen) atoms. The molecular formula is C20H30N4O7. The van der Waals surface area contributed by atoms with Crippen molar-refractivity contribution in [2.75, 3.05) is 0 Å². The molecule has 11 heteroatoms. The van der Waals surface area contributed by atoms with E-state index in [0.29, 0.717) is 5.56 Å². The molecule has 6 unspecified atom stereocenters. The van der Waals surface area contributed by atoms with E-state index in [1.54, 1.807) is 30.3 Å². The zero-order chi connectivity index (χ0) is 23.7. The highest BCUT2D eigenvalue weighted by Gasteiger charge is 2.32. The molecule has 1 rings (SSSR count). The normalized spacial score (nSPS) is 16.7. The highest BCUT2D eigenvalue weighted by molar-refractivity contribution is 5.94. The number of hydrogen-bond acceptors (Lipinski definition) is 7. The minimum absolute atomic E-state index is 0.0463. The lowest BCUT2D eigenvalue weighted by molar-refractivity contribution is -0.142. The number of aliphatic carboxylic acids is 1. The molecular weight excluding hydrogens is 408 g/mol. The molecule has 0 aromatic heterocycles. The molecule has 172 valence electrons. The molecule has 1 aromatic carbocycles. The quantitative estimate of drug-likeness (QED) is 0.204. The average molecular weight is 438 g/mol. The summed E-state index contributed by atoms with van der Waals surface area (Å²) >= 11 is 0. The maximum Gasteiger partial charge on any atom is 0.325 e. The standard InChI is InChI=1S/C20H30N4O7/c1-10(20(30)31)22-19(29)16(12(3)26)24-17(27)14(9-13-7-5-4-6-8-13)23-18(28)15(21)11(2)25/h4-8,10-12,14-16,25-26H,9,21H2,1-3H3,(H,22,29)(H,23,28)(H,24,27)(H,30,31). The Labute approximate surface area is 180 Å². The summed E-state index contributed by atoms with van der Waals surface area (Å²) in [5.74, 6) is -3.75. The number of nitrogens with two attached hydrogens (primary N) is 1. The smallest absolute Gasteiger partial charge is 0.325 e. The minimum Gasteiger partial charge on any atom is -0.480 e. The van der Waals surface area contributed by atoms with Gasteiger partial charge in [0.1, 0.15) is 24.2 Å². The largest absolute Gasteiger partial charge is 0.480 e. The number of rotatable bonds is 11. The topological polar surface area (TPSA) is 191 Å². The Bertz CT molecular complexity index is 770. The third kappa shape index (κ3) is 8.32. The van der Waals surface area contributed by atoms with Gasteiger partial charge in [0.05, 0.1) is 12.2 Å². The maximum absolute atomic E-state index is 12.9. The molecule has 0 radical (unpaired) electrons. The number of carboxylic acid groups (broad SMARTS) is 1. The Balaban J connectivity index is 3.03. The van der Waals surface area contributed by atoms with Crippen LogP contribution in [0.1, 0.15) is 26.3 Å². The lowest BCUT2D eigenvalue weighted by atomic mass is 10.0. The van der Waals surface area contributed by atoms with E-state index in [1.807, 2.05) is 0 Å². The number of hydrogen-bond donors (Lipinski definition) is 7. The molecule has 0 fully saturated rings. The maximum atomic E-state index is 12.9. The van der Waals surface area contributed by atoms with Gasteiger partial charge in [-0.3, -0.25) is 19.2 Å². The Morgan fingerprint density at radius 1 is 0.871 bits per heavy atom. The summed E-state index contributed by atoms with van der Waals surface area (Å²) in [6.45, 7) is 3.81. The molecule has 0 saturated carbocycles. The van der Waals surface area contributed by atoms with E-state index >= 15 is 0 Å². The van der Waals surface area contributed by atoms with E-state index in [4.69, 9.17) is 10.8 Å².